The average Bonchev–Trinajstić information content (AvgIpc) is 3.28. The zero-order chi connectivity index (χ0) is 49.8. The Balaban J connectivity index is 1.13. The summed E-state index contributed by atoms with van der Waals surface area (Å²) in [5, 5.41) is 11.1. The molecule has 0 aromatic carbocycles. The Hall–Kier alpha value is -1.73. The smallest absolute Gasteiger partial charge is 0.312 e. The number of rotatable bonds is 11. The van der Waals surface area contributed by atoms with E-state index in [1.165, 1.54) is 11.9 Å². The number of aliphatic carboxylic acids is 1. The number of carbonyl (C=O) groups excluding carboxylic acids is 2. The molecule has 3 saturated heterocycles. The summed E-state index contributed by atoms with van der Waals surface area (Å²) >= 11 is 0. The van der Waals surface area contributed by atoms with E-state index in [0.717, 1.165) is 44.9 Å². The van der Waals surface area contributed by atoms with E-state index in [1.54, 1.807) is 14.0 Å². The second kappa shape index (κ2) is 18.6. The molecule has 0 aromatic rings. The Kier molecular flexibility index (Phi) is 14.4. The molecule has 0 aromatic heterocycles. The summed E-state index contributed by atoms with van der Waals surface area (Å²) in [7, 11) is 1.72. The number of hydrogen-bond donors (Lipinski definition) is 1. The first-order chi connectivity index (χ1) is 31.8. The van der Waals surface area contributed by atoms with Gasteiger partial charge in [0.15, 0.2) is 24.7 Å². The first kappa shape index (κ1) is 52.6. The van der Waals surface area contributed by atoms with Crippen molar-refractivity contribution < 1.29 is 52.6 Å². The lowest BCUT2D eigenvalue weighted by Crippen LogP contribution is -2.68. The minimum Gasteiger partial charge on any atom is -0.481 e. The normalized spacial score (nSPS) is 53.4. The van der Waals surface area contributed by atoms with Crippen LogP contribution in [0.5, 0.6) is 0 Å². The molecule has 8 aliphatic rings. The fourth-order valence-corrected chi connectivity index (χ4v) is 17.0. The number of methoxy groups -OCH3 is 1. The Morgan fingerprint density at radius 2 is 1.43 bits per heavy atom. The van der Waals surface area contributed by atoms with Crippen molar-refractivity contribution in [1.82, 2.24) is 0 Å². The molecular weight excluding hydrogens is 861 g/mol. The molecule has 4 saturated carbocycles. The van der Waals surface area contributed by atoms with Crippen LogP contribution in [0.2, 0.25) is 0 Å². The highest BCUT2D eigenvalue weighted by atomic mass is 16.8. The fourth-order valence-electron chi connectivity index (χ4n) is 17.0. The molecule has 386 valence electrons. The summed E-state index contributed by atoms with van der Waals surface area (Å²) in [6.07, 6.45) is 6.35. The van der Waals surface area contributed by atoms with E-state index >= 15 is 0 Å². The molecule has 24 atom stereocenters. The molecule has 68 heavy (non-hydrogen) atoms. The zero-order valence-corrected chi connectivity index (χ0v) is 44.9. The van der Waals surface area contributed by atoms with E-state index in [-0.39, 0.29) is 69.1 Å². The maximum absolute atomic E-state index is 14.1. The highest BCUT2D eigenvalue weighted by Crippen LogP contribution is 2.76. The quantitative estimate of drug-likeness (QED) is 0.120. The molecule has 8 rings (SSSR count). The molecule has 11 nitrogen and oxygen atoms in total. The third-order valence-corrected chi connectivity index (χ3v) is 22.5. The minimum atomic E-state index is -1.02. The first-order valence-electron chi connectivity index (χ1n) is 27.1. The van der Waals surface area contributed by atoms with E-state index in [9.17, 15) is 19.5 Å². The monoisotopic (exact) mass is 953 g/mol. The predicted molar refractivity (Wildman–Crippen MR) is 260 cm³/mol. The van der Waals surface area contributed by atoms with Crippen molar-refractivity contribution in [2.24, 2.45) is 91.7 Å². The lowest BCUT2D eigenvalue weighted by Gasteiger charge is -2.71. The fraction of sp³-hybridized carbons (Fsp3) is 0.912. The van der Waals surface area contributed by atoms with E-state index in [4.69, 9.17) is 33.2 Å². The Morgan fingerprint density at radius 1 is 0.750 bits per heavy atom. The van der Waals surface area contributed by atoms with Crippen molar-refractivity contribution >= 4 is 18.0 Å². The molecule has 9 unspecified atom stereocenters. The van der Waals surface area contributed by atoms with Crippen LogP contribution in [0.3, 0.4) is 0 Å². The van der Waals surface area contributed by atoms with E-state index in [2.05, 4.69) is 96.1 Å². The third kappa shape index (κ3) is 8.01. The Bertz CT molecular complexity index is 1920. The van der Waals surface area contributed by atoms with Gasteiger partial charge in [0, 0.05) is 24.9 Å². The van der Waals surface area contributed by atoms with Gasteiger partial charge in [-0.2, -0.15) is 0 Å². The number of aldehydes is 1. The average molecular weight is 953 g/mol. The largest absolute Gasteiger partial charge is 0.481 e. The number of ketones is 1. The van der Waals surface area contributed by atoms with Crippen molar-refractivity contribution in [2.75, 3.05) is 13.7 Å². The van der Waals surface area contributed by atoms with Crippen LogP contribution in [0.4, 0.5) is 0 Å². The topological polar surface area (TPSA) is 136 Å². The molecule has 3 heterocycles. The van der Waals surface area contributed by atoms with Gasteiger partial charge in [-0.15, -0.1) is 0 Å². The van der Waals surface area contributed by atoms with Gasteiger partial charge in [0.1, 0.15) is 23.9 Å². The van der Waals surface area contributed by atoms with Gasteiger partial charge in [0.05, 0.1) is 36.4 Å². The highest BCUT2D eigenvalue weighted by molar-refractivity contribution is 5.81. The summed E-state index contributed by atoms with van der Waals surface area (Å²) in [5.41, 5.74) is -1.10. The van der Waals surface area contributed by atoms with Crippen LogP contribution < -0.4 is 0 Å². The number of fused-ring (bicyclic) bond motifs is 7. The standard InChI is InChI=1S/C57H92O11/c1-17-40-33(5)32(4)35(7)49(64-40)68-47-46(67-48-34(6)31(3)30(2)28-63-48)36(8)45(37(9)59)66-50(47)65-43-21-22-53(12)41(54(43,13)29-58)20-23-55(14)42(53)19-18-38-39-26-52(10,11)24-25-57(39,51(60)61)44(62-16)27-56(38,55)15/h18,29-36,39-50H,17,19-28H2,1-16H3,(H,60,61)/t30-,31-,32-,33+,34?,35?,36-,39?,40?,41+,42?,43-,44?,45?,46-,47?,48-,49-,50+,53?,54+,55-,56+,57+/m0/s1. The number of carboxylic acids is 1. The number of carboxylic acid groups (broad SMARTS) is 1. The van der Waals surface area contributed by atoms with Crippen LogP contribution in [0.15, 0.2) is 11.6 Å². The summed E-state index contributed by atoms with van der Waals surface area (Å²) in [4.78, 5) is 41.3. The molecule has 7 fully saturated rings. The molecule has 0 bridgehead atoms. The Labute approximate surface area is 410 Å². The van der Waals surface area contributed by atoms with Crippen molar-refractivity contribution in [3.05, 3.63) is 11.6 Å². The van der Waals surface area contributed by atoms with Gasteiger partial charge in [0.2, 0.25) is 0 Å². The molecular formula is C57H92O11. The molecule has 0 radical (unpaired) electrons. The maximum Gasteiger partial charge on any atom is 0.312 e. The SMILES string of the molecule is CCC1O[C@@H](OC2[C@H](O[C@H]3CCC4(C)C5CC=C6C7CC(C)(C)CC[C@]7(C(=O)O)C(OC)C[C@@]6(C)[C@@]5(C)CC[C@H]4[C@@]3(C)C=O)OC(C(C)=O)[C@H](C)[C@@H]2O[C@@H]2OC[C@H](C)[C@H](C)C2C)C(C)[C@@H](C)[C@H]1C. The van der Waals surface area contributed by atoms with Gasteiger partial charge in [0.25, 0.3) is 0 Å². The molecule has 0 spiro atoms. The molecule has 3 aliphatic heterocycles. The number of carbonyl (C=O) groups is 3. The van der Waals surface area contributed by atoms with Crippen LogP contribution in [-0.2, 0) is 47.5 Å². The van der Waals surface area contributed by atoms with Crippen LogP contribution in [0, 0.1) is 91.7 Å². The molecule has 5 aliphatic carbocycles. The van der Waals surface area contributed by atoms with Crippen LogP contribution in [-0.4, -0.2) is 92.4 Å². The second-order valence-corrected chi connectivity index (χ2v) is 26.2. The summed E-state index contributed by atoms with van der Waals surface area (Å²) in [6.45, 7) is 33.8. The Morgan fingerprint density at radius 3 is 2.06 bits per heavy atom. The molecule has 11 heteroatoms. The lowest BCUT2D eigenvalue weighted by molar-refractivity contribution is -0.374. The number of Topliss-reactive ketones (excluding diaryl/α,β-unsaturated/α-hetero) is 1. The van der Waals surface area contributed by atoms with Gasteiger partial charge in [-0.05, 0) is 134 Å². The zero-order valence-electron chi connectivity index (χ0n) is 44.9. The third-order valence-electron chi connectivity index (χ3n) is 22.5. The van der Waals surface area contributed by atoms with Gasteiger partial charge in [-0.25, -0.2) is 0 Å². The molecule has 1 N–H and O–H groups in total. The number of ether oxygens (including phenoxy) is 7. The summed E-state index contributed by atoms with van der Waals surface area (Å²) in [6, 6.07) is 0. The van der Waals surface area contributed by atoms with Gasteiger partial charge >= 0.3 is 5.97 Å². The minimum absolute atomic E-state index is 0.00302. The molecule has 0 amide bonds. The predicted octanol–water partition coefficient (Wildman–Crippen LogP) is 11.1. The van der Waals surface area contributed by atoms with E-state index in [0.29, 0.717) is 49.5 Å². The highest BCUT2D eigenvalue weighted by Gasteiger charge is 2.72. The van der Waals surface area contributed by atoms with E-state index in [1.807, 2.05) is 6.92 Å². The van der Waals surface area contributed by atoms with Crippen molar-refractivity contribution in [3.8, 4) is 0 Å². The van der Waals surface area contributed by atoms with Crippen molar-refractivity contribution in [1.29, 1.82) is 0 Å². The van der Waals surface area contributed by atoms with Crippen LogP contribution in [0.25, 0.3) is 0 Å². The van der Waals surface area contributed by atoms with Gasteiger partial charge < -0.3 is 43.1 Å². The van der Waals surface area contributed by atoms with E-state index < -0.39 is 66.2 Å². The summed E-state index contributed by atoms with van der Waals surface area (Å²) < 4.78 is 48.2. The summed E-state index contributed by atoms with van der Waals surface area (Å²) in [5.74, 6) is 0.536. The number of hydrogen-bond acceptors (Lipinski definition) is 10. The number of allylic oxidation sites excluding steroid dienone is 2. The van der Waals surface area contributed by atoms with Crippen molar-refractivity contribution in [3.63, 3.8) is 0 Å². The second-order valence-electron chi connectivity index (χ2n) is 26.2. The van der Waals surface area contributed by atoms with Crippen LogP contribution in [0.1, 0.15) is 168 Å². The lowest BCUT2D eigenvalue weighted by atomic mass is 9.33. The van der Waals surface area contributed by atoms with Crippen molar-refractivity contribution in [2.45, 2.75) is 224 Å². The first-order valence-corrected chi connectivity index (χ1v) is 27.1. The van der Waals surface area contributed by atoms with Gasteiger partial charge in [-0.3, -0.25) is 9.59 Å². The maximum atomic E-state index is 14.1. The van der Waals surface area contributed by atoms with Gasteiger partial charge in [-0.1, -0.05) is 109 Å². The van der Waals surface area contributed by atoms with Crippen LogP contribution >= 0.6 is 0 Å².